The van der Waals surface area contributed by atoms with E-state index in [0.717, 1.165) is 5.92 Å². The van der Waals surface area contributed by atoms with Crippen molar-refractivity contribution in [3.8, 4) is 0 Å². The van der Waals surface area contributed by atoms with Gasteiger partial charge in [0.25, 0.3) is 0 Å². The van der Waals surface area contributed by atoms with E-state index in [1.807, 2.05) is 0 Å². The summed E-state index contributed by atoms with van der Waals surface area (Å²) in [4.78, 5) is 5.60. The number of hydrogen-bond acceptors (Lipinski definition) is 2. The molecule has 13 heavy (non-hydrogen) atoms. The van der Waals surface area contributed by atoms with Crippen LogP contribution in [0.25, 0.3) is 0 Å². The van der Waals surface area contributed by atoms with Gasteiger partial charge in [0.2, 0.25) is 0 Å². The van der Waals surface area contributed by atoms with E-state index in [4.69, 9.17) is 4.84 Å². The van der Waals surface area contributed by atoms with Crippen LogP contribution in [0.1, 0.15) is 53.4 Å². The Morgan fingerprint density at radius 1 is 1.31 bits per heavy atom. The highest BCUT2D eigenvalue weighted by molar-refractivity contribution is 4.80. The van der Waals surface area contributed by atoms with Crippen molar-refractivity contribution < 1.29 is 4.84 Å². The first-order chi connectivity index (χ1) is 6.03. The van der Waals surface area contributed by atoms with Crippen LogP contribution in [0.3, 0.4) is 0 Å². The third-order valence-corrected chi connectivity index (χ3v) is 2.70. The standard InChI is InChI=1S/C11H23NO/c1-5-9-7-6-8-10(9)12-13-11(2,3)4/h9-10,12H,5-8H2,1-4H3. The Hall–Kier alpha value is -0.0800. The molecule has 0 bridgehead atoms. The number of hydrogen-bond donors (Lipinski definition) is 1. The second kappa shape index (κ2) is 4.43. The van der Waals surface area contributed by atoms with Gasteiger partial charge >= 0.3 is 0 Å². The molecule has 0 spiro atoms. The van der Waals surface area contributed by atoms with Crippen molar-refractivity contribution in [2.24, 2.45) is 5.92 Å². The second-order valence-electron chi connectivity index (χ2n) is 5.04. The molecule has 1 saturated carbocycles. The first-order valence-corrected chi connectivity index (χ1v) is 5.46. The van der Waals surface area contributed by atoms with E-state index in [2.05, 4.69) is 33.2 Å². The zero-order chi connectivity index (χ0) is 9.90. The topological polar surface area (TPSA) is 21.3 Å². The molecular formula is C11H23NO. The summed E-state index contributed by atoms with van der Waals surface area (Å²) >= 11 is 0. The molecule has 1 rings (SSSR count). The molecule has 0 aromatic heterocycles. The Morgan fingerprint density at radius 2 is 2.00 bits per heavy atom. The summed E-state index contributed by atoms with van der Waals surface area (Å²) in [5.74, 6) is 0.822. The van der Waals surface area contributed by atoms with Crippen LogP contribution < -0.4 is 5.48 Å². The summed E-state index contributed by atoms with van der Waals surface area (Å²) in [5.41, 5.74) is 3.15. The van der Waals surface area contributed by atoms with Crippen molar-refractivity contribution in [3.05, 3.63) is 0 Å². The normalized spacial score (nSPS) is 29.5. The Kier molecular flexibility index (Phi) is 3.74. The number of nitrogens with one attached hydrogen (secondary N) is 1. The zero-order valence-corrected chi connectivity index (χ0v) is 9.39. The van der Waals surface area contributed by atoms with Crippen LogP contribution >= 0.6 is 0 Å². The molecule has 0 heterocycles. The van der Waals surface area contributed by atoms with Gasteiger partial charge in [-0.15, -0.1) is 0 Å². The molecule has 2 unspecified atom stereocenters. The van der Waals surface area contributed by atoms with Crippen molar-refractivity contribution in [1.82, 2.24) is 5.48 Å². The van der Waals surface area contributed by atoms with Gasteiger partial charge in [-0.2, -0.15) is 5.48 Å². The lowest BCUT2D eigenvalue weighted by atomic mass is 10.0. The van der Waals surface area contributed by atoms with Gasteiger partial charge in [-0.1, -0.05) is 19.8 Å². The molecule has 1 aliphatic carbocycles. The summed E-state index contributed by atoms with van der Waals surface area (Å²) in [5, 5.41) is 0. The average Bonchev–Trinajstić information content (AvgIpc) is 2.46. The van der Waals surface area contributed by atoms with E-state index < -0.39 is 0 Å². The summed E-state index contributed by atoms with van der Waals surface area (Å²) < 4.78 is 0. The van der Waals surface area contributed by atoms with Gasteiger partial charge in [0.15, 0.2) is 0 Å². The Morgan fingerprint density at radius 3 is 2.54 bits per heavy atom. The molecule has 0 amide bonds. The maximum Gasteiger partial charge on any atom is 0.0813 e. The van der Waals surface area contributed by atoms with Crippen LogP contribution in [-0.4, -0.2) is 11.6 Å². The molecule has 0 aromatic carbocycles. The fourth-order valence-electron chi connectivity index (χ4n) is 1.93. The molecule has 2 atom stereocenters. The van der Waals surface area contributed by atoms with E-state index in [1.165, 1.54) is 25.7 Å². The highest BCUT2D eigenvalue weighted by Crippen LogP contribution is 2.28. The highest BCUT2D eigenvalue weighted by Gasteiger charge is 2.26. The molecule has 2 nitrogen and oxygen atoms in total. The molecule has 78 valence electrons. The van der Waals surface area contributed by atoms with Gasteiger partial charge in [-0.25, -0.2) is 0 Å². The van der Waals surface area contributed by atoms with Crippen LogP contribution in [0.4, 0.5) is 0 Å². The van der Waals surface area contributed by atoms with Crippen LogP contribution in [-0.2, 0) is 4.84 Å². The smallest absolute Gasteiger partial charge is 0.0813 e. The third kappa shape index (κ3) is 3.65. The SMILES string of the molecule is CCC1CCCC1NOC(C)(C)C. The lowest BCUT2D eigenvalue weighted by Crippen LogP contribution is -2.38. The fourth-order valence-corrected chi connectivity index (χ4v) is 1.93. The summed E-state index contributed by atoms with van der Waals surface area (Å²) in [7, 11) is 0. The largest absolute Gasteiger partial charge is 0.296 e. The average molecular weight is 185 g/mol. The molecule has 0 aromatic rings. The van der Waals surface area contributed by atoms with E-state index >= 15 is 0 Å². The molecule has 1 aliphatic rings. The lowest BCUT2D eigenvalue weighted by Gasteiger charge is -2.25. The predicted octanol–water partition coefficient (Wildman–Crippen LogP) is 2.88. The maximum atomic E-state index is 5.60. The van der Waals surface area contributed by atoms with Gasteiger partial charge in [0.05, 0.1) is 5.60 Å². The van der Waals surface area contributed by atoms with Crippen LogP contribution in [0.15, 0.2) is 0 Å². The minimum Gasteiger partial charge on any atom is -0.296 e. The molecule has 0 saturated heterocycles. The van der Waals surface area contributed by atoms with Gasteiger partial charge in [0, 0.05) is 6.04 Å². The van der Waals surface area contributed by atoms with Gasteiger partial charge in [-0.05, 0) is 39.5 Å². The predicted molar refractivity (Wildman–Crippen MR) is 55.4 cm³/mol. The minimum absolute atomic E-state index is 0.0686. The molecule has 0 radical (unpaired) electrons. The first-order valence-electron chi connectivity index (χ1n) is 5.46. The fraction of sp³-hybridized carbons (Fsp3) is 1.00. The Balaban J connectivity index is 2.28. The third-order valence-electron chi connectivity index (χ3n) is 2.70. The van der Waals surface area contributed by atoms with E-state index in [0.29, 0.717) is 6.04 Å². The maximum absolute atomic E-state index is 5.60. The van der Waals surface area contributed by atoms with Crippen LogP contribution in [0.5, 0.6) is 0 Å². The molecular weight excluding hydrogens is 162 g/mol. The summed E-state index contributed by atoms with van der Waals surface area (Å²) in [6.45, 7) is 8.50. The van der Waals surface area contributed by atoms with Crippen LogP contribution in [0, 0.1) is 5.92 Å². The number of rotatable bonds is 3. The van der Waals surface area contributed by atoms with E-state index in [-0.39, 0.29) is 5.60 Å². The Labute approximate surface area is 82.0 Å². The monoisotopic (exact) mass is 185 g/mol. The number of hydroxylamine groups is 1. The van der Waals surface area contributed by atoms with Crippen LogP contribution in [0.2, 0.25) is 0 Å². The Bertz CT molecular complexity index is 151. The second-order valence-corrected chi connectivity index (χ2v) is 5.04. The first kappa shape index (κ1) is 11.0. The van der Waals surface area contributed by atoms with Crippen molar-refractivity contribution in [2.45, 2.75) is 65.0 Å². The quantitative estimate of drug-likeness (QED) is 0.683. The van der Waals surface area contributed by atoms with E-state index in [1.54, 1.807) is 0 Å². The molecule has 1 fully saturated rings. The molecule has 2 heteroatoms. The van der Waals surface area contributed by atoms with Crippen molar-refractivity contribution in [3.63, 3.8) is 0 Å². The zero-order valence-electron chi connectivity index (χ0n) is 9.39. The minimum atomic E-state index is -0.0686. The van der Waals surface area contributed by atoms with Crippen molar-refractivity contribution >= 4 is 0 Å². The van der Waals surface area contributed by atoms with Crippen molar-refractivity contribution in [2.75, 3.05) is 0 Å². The summed E-state index contributed by atoms with van der Waals surface area (Å²) in [6.07, 6.45) is 5.26. The van der Waals surface area contributed by atoms with Gasteiger partial charge < -0.3 is 0 Å². The van der Waals surface area contributed by atoms with Gasteiger partial charge in [-0.3, -0.25) is 4.84 Å². The lowest BCUT2D eigenvalue weighted by molar-refractivity contribution is -0.0932. The van der Waals surface area contributed by atoms with E-state index in [9.17, 15) is 0 Å². The highest BCUT2D eigenvalue weighted by atomic mass is 16.7. The van der Waals surface area contributed by atoms with Crippen molar-refractivity contribution in [1.29, 1.82) is 0 Å². The summed E-state index contributed by atoms with van der Waals surface area (Å²) in [6, 6.07) is 0.587. The molecule has 0 aliphatic heterocycles. The van der Waals surface area contributed by atoms with Gasteiger partial charge in [0.1, 0.15) is 0 Å². The molecule has 1 N–H and O–H groups in total.